The number of nitrogens with one attached hydrogen (secondary N) is 2. The number of anilines is 1. The molecule has 1 saturated heterocycles. The highest BCUT2D eigenvalue weighted by Crippen LogP contribution is 2.23. The van der Waals surface area contributed by atoms with Gasteiger partial charge in [-0.2, -0.15) is 0 Å². The van der Waals surface area contributed by atoms with Crippen LogP contribution in [0, 0.1) is 0 Å². The lowest BCUT2D eigenvalue weighted by molar-refractivity contribution is 0.404. The maximum atomic E-state index is 11.9. The quantitative estimate of drug-likeness (QED) is 0.893. The van der Waals surface area contributed by atoms with E-state index in [1.807, 2.05) is 13.8 Å². The fourth-order valence-corrected chi connectivity index (χ4v) is 2.66. The van der Waals surface area contributed by atoms with E-state index >= 15 is 0 Å². The van der Waals surface area contributed by atoms with E-state index in [0.717, 1.165) is 37.6 Å². The van der Waals surface area contributed by atoms with Gasteiger partial charge in [0.1, 0.15) is 11.6 Å². The first-order chi connectivity index (χ1) is 9.76. The molecule has 5 nitrogen and oxygen atoms in total. The predicted molar refractivity (Wildman–Crippen MR) is 87.1 cm³/mol. The van der Waals surface area contributed by atoms with Crippen LogP contribution in [0.25, 0.3) is 0 Å². The summed E-state index contributed by atoms with van der Waals surface area (Å²) in [5.41, 5.74) is 0.0528. The molecule has 1 aromatic rings. The Labute approximate surface area is 127 Å². The molecule has 1 atom stereocenters. The normalized spacial score (nSPS) is 19.5. The van der Waals surface area contributed by atoms with Crippen molar-refractivity contribution >= 4 is 5.82 Å². The van der Waals surface area contributed by atoms with Crippen molar-refractivity contribution in [1.29, 1.82) is 0 Å². The van der Waals surface area contributed by atoms with Crippen LogP contribution in [0.15, 0.2) is 10.9 Å². The number of hydrogen-bond donors (Lipinski definition) is 2. The fourth-order valence-electron chi connectivity index (χ4n) is 2.66. The third kappa shape index (κ3) is 4.30. The van der Waals surface area contributed by atoms with Crippen LogP contribution in [0.3, 0.4) is 0 Å². The number of nitrogens with zero attached hydrogens (tertiary/aromatic N) is 2. The van der Waals surface area contributed by atoms with E-state index in [9.17, 15) is 4.79 Å². The summed E-state index contributed by atoms with van der Waals surface area (Å²) in [5, 5.41) is 3.56. The molecule has 1 aromatic heterocycles. The molecule has 5 heteroatoms. The van der Waals surface area contributed by atoms with Crippen molar-refractivity contribution in [1.82, 2.24) is 15.3 Å². The summed E-state index contributed by atoms with van der Waals surface area (Å²) in [4.78, 5) is 21.6. The highest BCUT2D eigenvalue weighted by molar-refractivity contribution is 5.40. The molecule has 1 unspecified atom stereocenters. The molecule has 0 aromatic carbocycles. The molecule has 2 N–H and O–H groups in total. The minimum Gasteiger partial charge on any atom is -0.352 e. The second-order valence-electron chi connectivity index (χ2n) is 7.26. The summed E-state index contributed by atoms with van der Waals surface area (Å²) in [6.07, 6.45) is 2.30. The van der Waals surface area contributed by atoms with Gasteiger partial charge in [-0.1, -0.05) is 13.8 Å². The second-order valence-corrected chi connectivity index (χ2v) is 7.26. The van der Waals surface area contributed by atoms with E-state index in [1.54, 1.807) is 6.07 Å². The highest BCUT2D eigenvalue weighted by Gasteiger charge is 2.27. The zero-order valence-corrected chi connectivity index (χ0v) is 13.9. The van der Waals surface area contributed by atoms with Crippen molar-refractivity contribution in [3.05, 3.63) is 22.2 Å². The van der Waals surface area contributed by atoms with Crippen molar-refractivity contribution in [3.63, 3.8) is 0 Å². The SMILES string of the molecule is CC(C)c1nc(N2CCCC2CNC(C)(C)C)cc(=O)[nH]1. The third-order valence-corrected chi connectivity index (χ3v) is 3.83. The van der Waals surface area contributed by atoms with Gasteiger partial charge in [-0.3, -0.25) is 4.79 Å². The standard InChI is InChI=1S/C16H28N4O/c1-11(2)15-18-13(9-14(21)19-15)20-8-6-7-12(20)10-17-16(3,4)5/h9,11-12,17H,6-8,10H2,1-5H3,(H,18,19,21). The van der Waals surface area contributed by atoms with Gasteiger partial charge in [-0.15, -0.1) is 0 Å². The van der Waals surface area contributed by atoms with Crippen LogP contribution in [0.4, 0.5) is 5.82 Å². The van der Waals surface area contributed by atoms with Gasteiger partial charge in [0, 0.05) is 36.7 Å². The Morgan fingerprint density at radius 2 is 2.19 bits per heavy atom. The molecule has 0 amide bonds. The minimum absolute atomic E-state index is 0.0573. The Kier molecular flexibility index (Phi) is 4.71. The first-order valence-corrected chi connectivity index (χ1v) is 7.89. The molecule has 0 spiro atoms. The number of H-pyrrole nitrogens is 1. The highest BCUT2D eigenvalue weighted by atomic mass is 16.1. The molecule has 1 aliphatic rings. The Hall–Kier alpha value is -1.36. The zero-order chi connectivity index (χ0) is 15.6. The first kappa shape index (κ1) is 16.0. The fraction of sp³-hybridized carbons (Fsp3) is 0.750. The summed E-state index contributed by atoms with van der Waals surface area (Å²) in [6.45, 7) is 12.5. The molecular formula is C16H28N4O. The van der Waals surface area contributed by atoms with Crippen molar-refractivity contribution in [2.45, 2.75) is 65.0 Å². The van der Waals surface area contributed by atoms with Crippen LogP contribution in [-0.2, 0) is 0 Å². The summed E-state index contributed by atoms with van der Waals surface area (Å²) >= 11 is 0. The van der Waals surface area contributed by atoms with E-state index in [1.165, 1.54) is 0 Å². The number of aromatic nitrogens is 2. The van der Waals surface area contributed by atoms with Crippen LogP contribution in [0.5, 0.6) is 0 Å². The monoisotopic (exact) mass is 292 g/mol. The molecule has 0 saturated carbocycles. The number of aromatic amines is 1. The van der Waals surface area contributed by atoms with E-state index in [-0.39, 0.29) is 17.0 Å². The molecular weight excluding hydrogens is 264 g/mol. The molecule has 0 bridgehead atoms. The average molecular weight is 292 g/mol. The van der Waals surface area contributed by atoms with Crippen LogP contribution in [0.2, 0.25) is 0 Å². The van der Waals surface area contributed by atoms with E-state index in [0.29, 0.717) is 6.04 Å². The van der Waals surface area contributed by atoms with Gasteiger partial charge < -0.3 is 15.2 Å². The molecule has 1 aliphatic heterocycles. The molecule has 2 rings (SSSR count). The van der Waals surface area contributed by atoms with E-state index in [4.69, 9.17) is 0 Å². The van der Waals surface area contributed by atoms with E-state index in [2.05, 4.69) is 41.0 Å². The minimum atomic E-state index is -0.0573. The topological polar surface area (TPSA) is 61.0 Å². The van der Waals surface area contributed by atoms with Crippen molar-refractivity contribution in [3.8, 4) is 0 Å². The van der Waals surface area contributed by atoms with Crippen molar-refractivity contribution in [2.24, 2.45) is 0 Å². The first-order valence-electron chi connectivity index (χ1n) is 7.89. The van der Waals surface area contributed by atoms with Gasteiger partial charge in [0.05, 0.1) is 0 Å². The van der Waals surface area contributed by atoms with Crippen LogP contribution >= 0.6 is 0 Å². The lowest BCUT2D eigenvalue weighted by Crippen LogP contribution is -2.45. The van der Waals surface area contributed by atoms with Crippen LogP contribution in [-0.4, -0.2) is 34.6 Å². The van der Waals surface area contributed by atoms with Gasteiger partial charge in [0.2, 0.25) is 0 Å². The summed E-state index contributed by atoms with van der Waals surface area (Å²) in [5.74, 6) is 1.82. The Bertz CT molecular complexity index is 530. The number of hydrogen-bond acceptors (Lipinski definition) is 4. The Morgan fingerprint density at radius 3 is 2.81 bits per heavy atom. The van der Waals surface area contributed by atoms with Crippen LogP contribution in [0.1, 0.15) is 59.2 Å². The molecule has 1 fully saturated rings. The summed E-state index contributed by atoms with van der Waals surface area (Å²) in [6, 6.07) is 2.04. The number of rotatable bonds is 4. The maximum absolute atomic E-state index is 11.9. The smallest absolute Gasteiger partial charge is 0.252 e. The average Bonchev–Trinajstić information content (AvgIpc) is 2.83. The Balaban J connectivity index is 2.18. The van der Waals surface area contributed by atoms with E-state index < -0.39 is 0 Å². The molecule has 118 valence electrons. The zero-order valence-electron chi connectivity index (χ0n) is 13.9. The lowest BCUT2D eigenvalue weighted by Gasteiger charge is -2.30. The third-order valence-electron chi connectivity index (χ3n) is 3.83. The van der Waals surface area contributed by atoms with Gasteiger partial charge >= 0.3 is 0 Å². The molecule has 0 aliphatic carbocycles. The van der Waals surface area contributed by atoms with Crippen molar-refractivity contribution in [2.75, 3.05) is 18.0 Å². The van der Waals surface area contributed by atoms with Gasteiger partial charge in [0.25, 0.3) is 5.56 Å². The van der Waals surface area contributed by atoms with Crippen molar-refractivity contribution < 1.29 is 0 Å². The van der Waals surface area contributed by atoms with Gasteiger partial charge in [-0.25, -0.2) is 4.98 Å². The second kappa shape index (κ2) is 6.18. The van der Waals surface area contributed by atoms with Gasteiger partial charge in [-0.05, 0) is 33.6 Å². The Morgan fingerprint density at radius 1 is 1.48 bits per heavy atom. The van der Waals surface area contributed by atoms with Gasteiger partial charge in [0.15, 0.2) is 0 Å². The predicted octanol–water partition coefficient (Wildman–Crippen LogP) is 2.25. The molecule has 2 heterocycles. The molecule has 21 heavy (non-hydrogen) atoms. The summed E-state index contributed by atoms with van der Waals surface area (Å²) < 4.78 is 0. The summed E-state index contributed by atoms with van der Waals surface area (Å²) in [7, 11) is 0. The maximum Gasteiger partial charge on any atom is 0.252 e. The molecule has 0 radical (unpaired) electrons. The lowest BCUT2D eigenvalue weighted by atomic mass is 10.1. The largest absolute Gasteiger partial charge is 0.352 e. The van der Waals surface area contributed by atoms with Crippen LogP contribution < -0.4 is 15.8 Å².